The Bertz CT molecular complexity index is 658. The molecule has 4 rings (SSSR count). The molecule has 2 bridgehead atoms. The van der Waals surface area contributed by atoms with Gasteiger partial charge in [0.25, 0.3) is 0 Å². The van der Waals surface area contributed by atoms with Gasteiger partial charge in [-0.25, -0.2) is 0 Å². The van der Waals surface area contributed by atoms with Gasteiger partial charge in [-0.3, -0.25) is 4.79 Å². The van der Waals surface area contributed by atoms with Crippen LogP contribution in [0.2, 0.25) is 0 Å². The third-order valence-electron chi connectivity index (χ3n) is 4.88. The molecule has 19 heavy (non-hydrogen) atoms. The molecule has 0 spiro atoms. The third kappa shape index (κ3) is 1.39. The minimum atomic E-state index is 0.205. The first-order valence-electron chi connectivity index (χ1n) is 7.19. The highest BCUT2D eigenvalue weighted by Gasteiger charge is 2.45. The van der Waals surface area contributed by atoms with Gasteiger partial charge in [0.2, 0.25) is 0 Å². The van der Waals surface area contributed by atoms with Crippen LogP contribution in [0.1, 0.15) is 41.9 Å². The number of Topliss-reactive ketones (excluding diaryl/α,β-unsaturated/α-hetero) is 1. The van der Waals surface area contributed by atoms with E-state index < -0.39 is 0 Å². The number of H-pyrrole nitrogens is 1. The normalized spacial score (nSPS) is 29.5. The maximum atomic E-state index is 12.7. The van der Waals surface area contributed by atoms with Crippen LogP contribution in [0.25, 0.3) is 10.9 Å². The number of hydrogen-bond acceptors (Lipinski definition) is 2. The standard InChI is InChI=1S/C16H18N2O/c1-2-9-10-7-8-17-14(9)13-11-5-3-4-6-12(11)18-15(13)16(10)19/h3-6,9-10,14,17-18H,2,7-8H2,1H3. The fourth-order valence-electron chi connectivity index (χ4n) is 4.02. The zero-order chi connectivity index (χ0) is 13.0. The molecule has 3 nitrogen and oxygen atoms in total. The van der Waals surface area contributed by atoms with E-state index in [4.69, 9.17) is 0 Å². The van der Waals surface area contributed by atoms with Gasteiger partial charge in [0, 0.05) is 28.4 Å². The average molecular weight is 254 g/mol. The highest BCUT2D eigenvalue weighted by atomic mass is 16.1. The summed E-state index contributed by atoms with van der Waals surface area (Å²) in [4.78, 5) is 16.1. The highest BCUT2D eigenvalue weighted by molar-refractivity contribution is 6.05. The molecular weight excluding hydrogens is 236 g/mol. The van der Waals surface area contributed by atoms with Gasteiger partial charge in [0.05, 0.1) is 5.69 Å². The van der Waals surface area contributed by atoms with Crippen LogP contribution in [-0.2, 0) is 0 Å². The molecule has 0 saturated carbocycles. The third-order valence-corrected chi connectivity index (χ3v) is 4.88. The van der Waals surface area contributed by atoms with Gasteiger partial charge in [-0.2, -0.15) is 0 Å². The van der Waals surface area contributed by atoms with E-state index in [1.165, 1.54) is 10.9 Å². The first-order valence-corrected chi connectivity index (χ1v) is 7.19. The molecule has 1 saturated heterocycles. The van der Waals surface area contributed by atoms with E-state index in [9.17, 15) is 4.79 Å². The maximum absolute atomic E-state index is 12.7. The SMILES string of the molecule is CCC1C2CCNC1c1c([nH]c3ccccc13)C2=O. The summed E-state index contributed by atoms with van der Waals surface area (Å²) in [5.41, 5.74) is 3.15. The van der Waals surface area contributed by atoms with Crippen molar-refractivity contribution < 1.29 is 4.79 Å². The molecule has 0 amide bonds. The number of benzene rings is 1. The summed E-state index contributed by atoms with van der Waals surface area (Å²) in [6, 6.07) is 8.60. The Morgan fingerprint density at radius 3 is 3.00 bits per heavy atom. The van der Waals surface area contributed by atoms with Gasteiger partial charge in [-0.15, -0.1) is 0 Å². The average Bonchev–Trinajstić information content (AvgIpc) is 2.83. The molecular formula is C16H18N2O. The van der Waals surface area contributed by atoms with Gasteiger partial charge in [-0.1, -0.05) is 31.5 Å². The molecule has 2 N–H and O–H groups in total. The van der Waals surface area contributed by atoms with E-state index in [2.05, 4.69) is 35.4 Å². The summed E-state index contributed by atoms with van der Waals surface area (Å²) < 4.78 is 0. The molecule has 1 aromatic heterocycles. The van der Waals surface area contributed by atoms with Gasteiger partial charge in [0.1, 0.15) is 0 Å². The van der Waals surface area contributed by atoms with Crippen LogP contribution in [0.4, 0.5) is 0 Å². The maximum Gasteiger partial charge on any atom is 0.182 e. The molecule has 0 radical (unpaired) electrons. The Morgan fingerprint density at radius 2 is 2.16 bits per heavy atom. The predicted octanol–water partition coefficient (Wildman–Crippen LogP) is 3.04. The van der Waals surface area contributed by atoms with Crippen LogP contribution in [0, 0.1) is 11.8 Å². The summed E-state index contributed by atoms with van der Waals surface area (Å²) in [6.07, 6.45) is 2.04. The van der Waals surface area contributed by atoms with Crippen molar-refractivity contribution in [3.63, 3.8) is 0 Å². The first kappa shape index (κ1) is 11.2. The fourth-order valence-corrected chi connectivity index (χ4v) is 4.02. The Balaban J connectivity index is 2.01. The molecule has 3 unspecified atom stereocenters. The van der Waals surface area contributed by atoms with Crippen LogP contribution in [0.3, 0.4) is 0 Å². The van der Waals surface area contributed by atoms with Crippen molar-refractivity contribution >= 4 is 16.7 Å². The van der Waals surface area contributed by atoms with E-state index in [0.29, 0.717) is 17.7 Å². The van der Waals surface area contributed by atoms with Crippen LogP contribution >= 0.6 is 0 Å². The zero-order valence-corrected chi connectivity index (χ0v) is 11.1. The summed E-state index contributed by atoms with van der Waals surface area (Å²) in [5, 5.41) is 4.84. The molecule has 1 aromatic carbocycles. The predicted molar refractivity (Wildman–Crippen MR) is 75.3 cm³/mol. The van der Waals surface area contributed by atoms with Gasteiger partial charge >= 0.3 is 0 Å². The Hall–Kier alpha value is -1.61. The molecule has 3 atom stereocenters. The smallest absolute Gasteiger partial charge is 0.182 e. The van der Waals surface area contributed by atoms with E-state index in [0.717, 1.165) is 30.6 Å². The number of nitrogens with one attached hydrogen (secondary N) is 2. The molecule has 1 aliphatic carbocycles. The van der Waals surface area contributed by atoms with Crippen molar-refractivity contribution in [3.05, 3.63) is 35.5 Å². The lowest BCUT2D eigenvalue weighted by atomic mass is 9.69. The molecule has 98 valence electrons. The highest BCUT2D eigenvalue weighted by Crippen LogP contribution is 2.46. The number of hydrogen-bond donors (Lipinski definition) is 2. The number of ketones is 1. The van der Waals surface area contributed by atoms with Crippen molar-refractivity contribution in [2.45, 2.75) is 25.8 Å². The van der Waals surface area contributed by atoms with Crippen LogP contribution in [-0.4, -0.2) is 17.3 Å². The lowest BCUT2D eigenvalue weighted by Crippen LogP contribution is -2.46. The summed E-state index contributed by atoms with van der Waals surface area (Å²) in [6.45, 7) is 3.15. The van der Waals surface area contributed by atoms with E-state index >= 15 is 0 Å². The van der Waals surface area contributed by atoms with Crippen LogP contribution in [0.5, 0.6) is 0 Å². The number of aromatic amines is 1. The largest absolute Gasteiger partial charge is 0.352 e. The Kier molecular flexibility index (Phi) is 2.33. The lowest BCUT2D eigenvalue weighted by Gasteiger charge is -2.41. The number of para-hydroxylation sites is 1. The topological polar surface area (TPSA) is 44.9 Å². The minimum Gasteiger partial charge on any atom is -0.352 e. The molecule has 1 fully saturated rings. The van der Waals surface area contributed by atoms with Gasteiger partial charge in [-0.05, 0) is 24.9 Å². The van der Waals surface area contributed by atoms with Crippen molar-refractivity contribution in [1.29, 1.82) is 0 Å². The molecule has 2 aliphatic rings. The molecule has 1 aliphatic heterocycles. The summed E-state index contributed by atoms with van der Waals surface area (Å²) in [5.74, 6) is 0.987. The first-order chi connectivity index (χ1) is 9.31. The Labute approximate surface area is 112 Å². The quantitative estimate of drug-likeness (QED) is 0.821. The monoisotopic (exact) mass is 254 g/mol. The van der Waals surface area contributed by atoms with Crippen molar-refractivity contribution in [3.8, 4) is 0 Å². The lowest BCUT2D eigenvalue weighted by molar-refractivity contribution is 0.0737. The van der Waals surface area contributed by atoms with Gasteiger partial charge in [0.15, 0.2) is 5.78 Å². The number of aromatic nitrogens is 1. The van der Waals surface area contributed by atoms with E-state index in [1.807, 2.05) is 6.07 Å². The van der Waals surface area contributed by atoms with Gasteiger partial charge < -0.3 is 10.3 Å². The molecule has 2 heterocycles. The number of carbonyl (C=O) groups is 1. The zero-order valence-electron chi connectivity index (χ0n) is 11.1. The summed E-state index contributed by atoms with van der Waals surface area (Å²) >= 11 is 0. The van der Waals surface area contributed by atoms with Crippen LogP contribution in [0.15, 0.2) is 24.3 Å². The van der Waals surface area contributed by atoms with Crippen molar-refractivity contribution in [2.75, 3.05) is 6.54 Å². The fraction of sp³-hybridized carbons (Fsp3) is 0.438. The number of carbonyl (C=O) groups excluding carboxylic acids is 1. The molecule has 2 aromatic rings. The van der Waals surface area contributed by atoms with Crippen molar-refractivity contribution in [2.24, 2.45) is 11.8 Å². The van der Waals surface area contributed by atoms with E-state index in [1.54, 1.807) is 0 Å². The Morgan fingerprint density at radius 1 is 1.32 bits per heavy atom. The summed E-state index contributed by atoms with van der Waals surface area (Å²) in [7, 11) is 0. The van der Waals surface area contributed by atoms with Crippen LogP contribution < -0.4 is 5.32 Å². The number of fused-ring (bicyclic) bond motifs is 6. The number of rotatable bonds is 1. The second-order valence-corrected chi connectivity index (χ2v) is 5.72. The second kappa shape index (κ2) is 3.94. The van der Waals surface area contributed by atoms with Crippen molar-refractivity contribution in [1.82, 2.24) is 10.3 Å². The molecule has 3 heteroatoms. The second-order valence-electron chi connectivity index (χ2n) is 5.72. The minimum absolute atomic E-state index is 0.205. The number of piperidine rings is 1. The van der Waals surface area contributed by atoms with E-state index in [-0.39, 0.29) is 5.92 Å².